The highest BCUT2D eigenvalue weighted by Crippen LogP contribution is 2.30. The van der Waals surface area contributed by atoms with Crippen LogP contribution in [-0.2, 0) is 4.74 Å². The van der Waals surface area contributed by atoms with Crippen LogP contribution in [0.15, 0.2) is 0 Å². The number of ether oxygens (including phenoxy) is 1. The van der Waals surface area contributed by atoms with Crippen molar-refractivity contribution in [3.8, 4) is 0 Å². The SMILES string of the molecule is CCOCCCNCC1CCCC1CO. The molecular weight excluding hydrogens is 190 g/mol. The molecule has 2 atom stereocenters. The Labute approximate surface area is 93.2 Å². The Hall–Kier alpha value is -0.120. The van der Waals surface area contributed by atoms with E-state index in [4.69, 9.17) is 9.84 Å². The molecule has 0 saturated heterocycles. The van der Waals surface area contributed by atoms with E-state index in [9.17, 15) is 0 Å². The van der Waals surface area contributed by atoms with Crippen LogP contribution in [0.2, 0.25) is 0 Å². The quantitative estimate of drug-likeness (QED) is 0.602. The number of aliphatic hydroxyl groups is 1. The van der Waals surface area contributed by atoms with E-state index in [1.54, 1.807) is 0 Å². The Morgan fingerprint density at radius 3 is 2.87 bits per heavy atom. The van der Waals surface area contributed by atoms with Crippen LogP contribution in [0.4, 0.5) is 0 Å². The molecule has 1 aliphatic carbocycles. The van der Waals surface area contributed by atoms with E-state index in [0.717, 1.165) is 32.7 Å². The average molecular weight is 215 g/mol. The van der Waals surface area contributed by atoms with Gasteiger partial charge in [0.05, 0.1) is 0 Å². The minimum atomic E-state index is 0.366. The van der Waals surface area contributed by atoms with Crippen LogP contribution < -0.4 is 5.32 Å². The van der Waals surface area contributed by atoms with E-state index >= 15 is 0 Å². The van der Waals surface area contributed by atoms with Gasteiger partial charge in [-0.2, -0.15) is 0 Å². The van der Waals surface area contributed by atoms with Crippen molar-refractivity contribution in [1.82, 2.24) is 5.32 Å². The van der Waals surface area contributed by atoms with Crippen LogP contribution in [0.3, 0.4) is 0 Å². The van der Waals surface area contributed by atoms with Gasteiger partial charge in [0, 0.05) is 19.8 Å². The summed E-state index contributed by atoms with van der Waals surface area (Å²) >= 11 is 0. The van der Waals surface area contributed by atoms with Crippen LogP contribution in [0.25, 0.3) is 0 Å². The van der Waals surface area contributed by atoms with Gasteiger partial charge in [-0.15, -0.1) is 0 Å². The van der Waals surface area contributed by atoms with E-state index in [-0.39, 0.29) is 0 Å². The van der Waals surface area contributed by atoms with Crippen molar-refractivity contribution in [2.75, 3.05) is 32.9 Å². The van der Waals surface area contributed by atoms with Gasteiger partial charge < -0.3 is 15.2 Å². The monoisotopic (exact) mass is 215 g/mol. The normalized spacial score (nSPS) is 26.0. The summed E-state index contributed by atoms with van der Waals surface area (Å²) in [6.45, 7) is 6.17. The molecule has 1 rings (SSSR count). The first kappa shape index (κ1) is 12.9. The molecule has 1 fully saturated rings. The van der Waals surface area contributed by atoms with Crippen LogP contribution in [0.5, 0.6) is 0 Å². The first-order chi connectivity index (χ1) is 7.38. The fourth-order valence-corrected chi connectivity index (χ4v) is 2.35. The topological polar surface area (TPSA) is 41.5 Å². The Kier molecular flexibility index (Phi) is 6.98. The number of nitrogens with one attached hydrogen (secondary N) is 1. The van der Waals surface area contributed by atoms with Crippen molar-refractivity contribution in [3.05, 3.63) is 0 Å². The van der Waals surface area contributed by atoms with Crippen LogP contribution >= 0.6 is 0 Å². The van der Waals surface area contributed by atoms with Crippen molar-refractivity contribution < 1.29 is 9.84 Å². The van der Waals surface area contributed by atoms with Crippen LogP contribution in [0.1, 0.15) is 32.6 Å². The third-order valence-corrected chi connectivity index (χ3v) is 3.30. The predicted octanol–water partition coefficient (Wildman–Crippen LogP) is 1.41. The molecule has 0 aromatic rings. The summed E-state index contributed by atoms with van der Waals surface area (Å²) in [7, 11) is 0. The van der Waals surface area contributed by atoms with Crippen LogP contribution in [0, 0.1) is 11.8 Å². The zero-order chi connectivity index (χ0) is 10.9. The molecule has 1 saturated carbocycles. The molecule has 0 aromatic carbocycles. The van der Waals surface area contributed by atoms with Crippen LogP contribution in [-0.4, -0.2) is 38.0 Å². The van der Waals surface area contributed by atoms with E-state index in [1.165, 1.54) is 19.3 Å². The first-order valence-electron chi connectivity index (χ1n) is 6.27. The Bertz CT molecular complexity index is 153. The lowest BCUT2D eigenvalue weighted by molar-refractivity contribution is 0.143. The third-order valence-electron chi connectivity index (χ3n) is 3.30. The molecule has 2 unspecified atom stereocenters. The van der Waals surface area contributed by atoms with E-state index in [2.05, 4.69) is 5.32 Å². The Balaban J connectivity index is 1.95. The highest BCUT2D eigenvalue weighted by Gasteiger charge is 2.25. The highest BCUT2D eigenvalue weighted by molar-refractivity contribution is 4.78. The lowest BCUT2D eigenvalue weighted by atomic mass is 9.97. The molecule has 0 aromatic heterocycles. The molecule has 0 bridgehead atoms. The zero-order valence-corrected chi connectivity index (χ0v) is 9.87. The predicted molar refractivity (Wildman–Crippen MR) is 61.9 cm³/mol. The fourth-order valence-electron chi connectivity index (χ4n) is 2.35. The molecule has 3 nitrogen and oxygen atoms in total. The highest BCUT2D eigenvalue weighted by atomic mass is 16.5. The third kappa shape index (κ3) is 4.96. The van der Waals surface area contributed by atoms with Crippen molar-refractivity contribution in [3.63, 3.8) is 0 Å². The van der Waals surface area contributed by atoms with Gasteiger partial charge >= 0.3 is 0 Å². The minimum absolute atomic E-state index is 0.366. The first-order valence-corrected chi connectivity index (χ1v) is 6.27. The standard InChI is InChI=1S/C12H25NO2/c1-2-15-8-4-7-13-9-11-5-3-6-12(11)10-14/h11-14H,2-10H2,1H3. The second kappa shape index (κ2) is 8.08. The summed E-state index contributed by atoms with van der Waals surface area (Å²) in [6.07, 6.45) is 4.87. The number of rotatable bonds is 8. The Morgan fingerprint density at radius 1 is 1.33 bits per heavy atom. The maximum atomic E-state index is 9.16. The molecular formula is C12H25NO2. The molecule has 90 valence electrons. The summed E-state index contributed by atoms with van der Waals surface area (Å²) in [5.41, 5.74) is 0. The van der Waals surface area contributed by atoms with Crippen molar-refractivity contribution in [2.24, 2.45) is 11.8 Å². The second-order valence-electron chi connectivity index (χ2n) is 4.39. The maximum Gasteiger partial charge on any atom is 0.0477 e. The van der Waals surface area contributed by atoms with E-state index < -0.39 is 0 Å². The van der Waals surface area contributed by atoms with Gasteiger partial charge in [0.1, 0.15) is 0 Å². The zero-order valence-electron chi connectivity index (χ0n) is 9.87. The van der Waals surface area contributed by atoms with Gasteiger partial charge in [-0.3, -0.25) is 0 Å². The molecule has 0 radical (unpaired) electrons. The van der Waals surface area contributed by atoms with Gasteiger partial charge in [-0.25, -0.2) is 0 Å². The molecule has 0 spiro atoms. The number of hydrogen-bond acceptors (Lipinski definition) is 3. The van der Waals surface area contributed by atoms with Gasteiger partial charge in [0.25, 0.3) is 0 Å². The summed E-state index contributed by atoms with van der Waals surface area (Å²) in [5, 5.41) is 12.6. The van der Waals surface area contributed by atoms with E-state index in [0.29, 0.717) is 18.4 Å². The lowest BCUT2D eigenvalue weighted by Crippen LogP contribution is -2.28. The minimum Gasteiger partial charge on any atom is -0.396 e. The molecule has 0 amide bonds. The van der Waals surface area contributed by atoms with Crippen molar-refractivity contribution in [2.45, 2.75) is 32.6 Å². The molecule has 3 heteroatoms. The molecule has 0 aliphatic heterocycles. The molecule has 2 N–H and O–H groups in total. The summed E-state index contributed by atoms with van der Waals surface area (Å²) in [5.74, 6) is 1.24. The summed E-state index contributed by atoms with van der Waals surface area (Å²) < 4.78 is 5.27. The van der Waals surface area contributed by atoms with Crippen molar-refractivity contribution >= 4 is 0 Å². The van der Waals surface area contributed by atoms with Gasteiger partial charge in [-0.05, 0) is 51.1 Å². The molecule has 0 heterocycles. The Morgan fingerprint density at radius 2 is 2.13 bits per heavy atom. The number of hydrogen-bond donors (Lipinski definition) is 2. The van der Waals surface area contributed by atoms with Gasteiger partial charge in [0.2, 0.25) is 0 Å². The molecule has 15 heavy (non-hydrogen) atoms. The largest absolute Gasteiger partial charge is 0.396 e. The fraction of sp³-hybridized carbons (Fsp3) is 1.00. The summed E-state index contributed by atoms with van der Waals surface area (Å²) in [6, 6.07) is 0. The summed E-state index contributed by atoms with van der Waals surface area (Å²) in [4.78, 5) is 0. The van der Waals surface area contributed by atoms with Gasteiger partial charge in [-0.1, -0.05) is 6.42 Å². The van der Waals surface area contributed by atoms with Crippen molar-refractivity contribution in [1.29, 1.82) is 0 Å². The lowest BCUT2D eigenvalue weighted by Gasteiger charge is -2.17. The van der Waals surface area contributed by atoms with Gasteiger partial charge in [0.15, 0.2) is 0 Å². The maximum absolute atomic E-state index is 9.16. The second-order valence-corrected chi connectivity index (χ2v) is 4.39. The molecule has 1 aliphatic rings. The average Bonchev–Trinajstić information content (AvgIpc) is 2.70. The van der Waals surface area contributed by atoms with E-state index in [1.807, 2.05) is 6.92 Å². The number of aliphatic hydroxyl groups excluding tert-OH is 1. The smallest absolute Gasteiger partial charge is 0.0477 e.